The quantitative estimate of drug-likeness (QED) is 0.101. The Kier molecular flexibility index (Phi) is 10.5. The number of carboxylic acid groups (broad SMARTS) is 1. The third-order valence-corrected chi connectivity index (χ3v) is 7.78. The molecule has 5 rings (SSSR count). The third-order valence-electron chi connectivity index (χ3n) is 7.08. The fourth-order valence-electron chi connectivity index (χ4n) is 4.75. The SMILES string of the molecule is O=C(c1ccccc1)c1ccccc1N[C@@H](Cc1ccc(OCCN(C(=O)C=Cc2ccsc2)c2ccccc2)cc1)C(=O)O. The minimum absolute atomic E-state index is 0.148. The van der Waals surface area contributed by atoms with Crippen LogP contribution in [0.25, 0.3) is 6.08 Å². The number of carbonyl (C=O) groups excluding carboxylic acids is 2. The molecule has 226 valence electrons. The van der Waals surface area contributed by atoms with Crippen molar-refractivity contribution in [3.63, 3.8) is 0 Å². The Labute approximate surface area is 266 Å². The van der Waals surface area contributed by atoms with Gasteiger partial charge in [0.25, 0.3) is 5.91 Å². The molecule has 0 radical (unpaired) electrons. The van der Waals surface area contributed by atoms with Crippen LogP contribution < -0.4 is 15.0 Å². The summed E-state index contributed by atoms with van der Waals surface area (Å²) in [6.45, 7) is 0.600. The number of benzene rings is 4. The van der Waals surface area contributed by atoms with E-state index in [-0.39, 0.29) is 24.7 Å². The van der Waals surface area contributed by atoms with Crippen molar-refractivity contribution in [2.45, 2.75) is 12.5 Å². The number of anilines is 2. The lowest BCUT2D eigenvalue weighted by atomic mass is 10.00. The molecule has 0 saturated carbocycles. The Balaban J connectivity index is 1.20. The van der Waals surface area contributed by atoms with E-state index in [2.05, 4.69) is 5.32 Å². The molecule has 0 bridgehead atoms. The van der Waals surface area contributed by atoms with Crippen molar-refractivity contribution in [2.75, 3.05) is 23.4 Å². The highest BCUT2D eigenvalue weighted by Crippen LogP contribution is 2.22. The van der Waals surface area contributed by atoms with Gasteiger partial charge < -0.3 is 20.1 Å². The molecule has 0 fully saturated rings. The molecule has 1 amide bonds. The van der Waals surface area contributed by atoms with Crippen molar-refractivity contribution in [3.05, 3.63) is 154 Å². The Morgan fingerprint density at radius 1 is 0.844 bits per heavy atom. The summed E-state index contributed by atoms with van der Waals surface area (Å²) < 4.78 is 5.96. The zero-order chi connectivity index (χ0) is 31.4. The molecular weight excluding hydrogens is 584 g/mol. The number of ether oxygens (including phenoxy) is 1. The van der Waals surface area contributed by atoms with Gasteiger partial charge in [-0.3, -0.25) is 9.59 Å². The first-order valence-corrected chi connectivity index (χ1v) is 15.4. The van der Waals surface area contributed by atoms with E-state index in [1.54, 1.807) is 89.1 Å². The molecule has 8 heteroatoms. The molecule has 1 aromatic heterocycles. The standard InChI is InChI=1S/C37H32N2O5S/c40-35(20-17-28-21-24-45-26-28)39(30-11-5-2-6-12-30)22-23-44-31-18-15-27(16-19-31)25-34(37(42)43)38-33-14-8-7-13-32(33)36(41)29-9-3-1-4-10-29/h1-21,24,26,34,38H,22-23,25H2,(H,42,43)/t34-/m0/s1. The number of para-hydroxylation sites is 2. The van der Waals surface area contributed by atoms with E-state index in [9.17, 15) is 19.5 Å². The van der Waals surface area contributed by atoms with Gasteiger partial charge in [0, 0.05) is 35.0 Å². The number of hydrogen-bond donors (Lipinski definition) is 2. The van der Waals surface area contributed by atoms with Crippen LogP contribution in [0.5, 0.6) is 5.75 Å². The zero-order valence-electron chi connectivity index (χ0n) is 24.4. The highest BCUT2D eigenvalue weighted by atomic mass is 32.1. The summed E-state index contributed by atoms with van der Waals surface area (Å²) in [5.74, 6) is -0.761. The lowest BCUT2D eigenvalue weighted by Gasteiger charge is -2.21. The molecule has 7 nitrogen and oxygen atoms in total. The van der Waals surface area contributed by atoms with Crippen molar-refractivity contribution in [1.82, 2.24) is 0 Å². The molecule has 1 heterocycles. The van der Waals surface area contributed by atoms with Gasteiger partial charge in [-0.2, -0.15) is 11.3 Å². The van der Waals surface area contributed by atoms with Gasteiger partial charge in [0.2, 0.25) is 0 Å². The first-order valence-electron chi connectivity index (χ1n) is 14.4. The van der Waals surface area contributed by atoms with Gasteiger partial charge in [0.15, 0.2) is 5.78 Å². The largest absolute Gasteiger partial charge is 0.492 e. The lowest BCUT2D eigenvalue weighted by Crippen LogP contribution is -2.33. The molecule has 5 aromatic rings. The third kappa shape index (κ3) is 8.55. The van der Waals surface area contributed by atoms with Crippen LogP contribution in [0.1, 0.15) is 27.0 Å². The fraction of sp³-hybridized carbons (Fsp3) is 0.108. The maximum atomic E-state index is 13.1. The fourth-order valence-corrected chi connectivity index (χ4v) is 5.38. The number of carbonyl (C=O) groups is 3. The van der Waals surface area contributed by atoms with E-state index in [4.69, 9.17) is 4.74 Å². The van der Waals surface area contributed by atoms with E-state index in [0.717, 1.165) is 16.8 Å². The highest BCUT2D eigenvalue weighted by Gasteiger charge is 2.21. The first kappa shape index (κ1) is 31.0. The lowest BCUT2D eigenvalue weighted by molar-refractivity contribution is -0.137. The summed E-state index contributed by atoms with van der Waals surface area (Å²) in [7, 11) is 0. The highest BCUT2D eigenvalue weighted by molar-refractivity contribution is 7.08. The van der Waals surface area contributed by atoms with Gasteiger partial charge in [-0.15, -0.1) is 0 Å². The zero-order valence-corrected chi connectivity index (χ0v) is 25.2. The predicted molar refractivity (Wildman–Crippen MR) is 179 cm³/mol. The maximum absolute atomic E-state index is 13.1. The van der Waals surface area contributed by atoms with Crippen molar-refractivity contribution in [2.24, 2.45) is 0 Å². The number of rotatable bonds is 14. The second-order valence-corrected chi connectivity index (χ2v) is 11.0. The van der Waals surface area contributed by atoms with E-state index >= 15 is 0 Å². The molecular formula is C37H32N2O5S. The Morgan fingerprint density at radius 3 is 2.22 bits per heavy atom. The van der Waals surface area contributed by atoms with Crippen LogP contribution in [0.2, 0.25) is 0 Å². The van der Waals surface area contributed by atoms with Crippen LogP contribution in [0.15, 0.2) is 132 Å². The number of thiophene rings is 1. The molecule has 0 saturated heterocycles. The molecule has 4 aromatic carbocycles. The van der Waals surface area contributed by atoms with Gasteiger partial charge >= 0.3 is 5.97 Å². The number of amides is 1. The summed E-state index contributed by atoms with van der Waals surface area (Å²) in [4.78, 5) is 40.1. The monoisotopic (exact) mass is 616 g/mol. The Morgan fingerprint density at radius 2 is 1.53 bits per heavy atom. The Hall–Kier alpha value is -5.47. The van der Waals surface area contributed by atoms with Crippen molar-refractivity contribution < 1.29 is 24.2 Å². The second-order valence-electron chi connectivity index (χ2n) is 10.2. The summed E-state index contributed by atoms with van der Waals surface area (Å²) >= 11 is 1.57. The number of hydrogen-bond acceptors (Lipinski definition) is 6. The van der Waals surface area contributed by atoms with Crippen LogP contribution in [0, 0.1) is 0 Å². The number of ketones is 1. The summed E-state index contributed by atoms with van der Waals surface area (Å²) in [5, 5.41) is 17.0. The number of nitrogens with zero attached hydrogens (tertiary/aromatic N) is 1. The Bertz CT molecular complexity index is 1740. The van der Waals surface area contributed by atoms with Gasteiger partial charge in [0.1, 0.15) is 18.4 Å². The predicted octanol–water partition coefficient (Wildman–Crippen LogP) is 7.21. The molecule has 0 aliphatic carbocycles. The average Bonchev–Trinajstić information content (AvgIpc) is 3.61. The van der Waals surface area contributed by atoms with Crippen molar-refractivity contribution in [3.8, 4) is 5.75 Å². The van der Waals surface area contributed by atoms with Gasteiger partial charge in [-0.1, -0.05) is 72.8 Å². The molecule has 1 atom stereocenters. The van der Waals surface area contributed by atoms with Crippen LogP contribution in [0.4, 0.5) is 11.4 Å². The van der Waals surface area contributed by atoms with Gasteiger partial charge in [-0.25, -0.2) is 4.79 Å². The van der Waals surface area contributed by atoms with Crippen LogP contribution >= 0.6 is 11.3 Å². The van der Waals surface area contributed by atoms with Crippen LogP contribution in [-0.4, -0.2) is 42.0 Å². The maximum Gasteiger partial charge on any atom is 0.326 e. The number of carboxylic acids is 1. The molecule has 45 heavy (non-hydrogen) atoms. The van der Waals surface area contributed by atoms with Gasteiger partial charge in [-0.05, 0) is 70.4 Å². The summed E-state index contributed by atoms with van der Waals surface area (Å²) in [6.07, 6.45) is 3.55. The van der Waals surface area contributed by atoms with Crippen LogP contribution in [-0.2, 0) is 16.0 Å². The van der Waals surface area contributed by atoms with E-state index in [1.807, 2.05) is 65.4 Å². The summed E-state index contributed by atoms with van der Waals surface area (Å²) in [6, 6.07) is 33.4. The molecule has 0 spiro atoms. The number of nitrogens with one attached hydrogen (secondary N) is 1. The van der Waals surface area contributed by atoms with Crippen molar-refractivity contribution in [1.29, 1.82) is 0 Å². The smallest absolute Gasteiger partial charge is 0.326 e. The van der Waals surface area contributed by atoms with E-state index < -0.39 is 12.0 Å². The average molecular weight is 617 g/mol. The second kappa shape index (κ2) is 15.3. The summed E-state index contributed by atoms with van der Waals surface area (Å²) in [5.41, 5.74) is 3.93. The first-order chi connectivity index (χ1) is 22.0. The van der Waals surface area contributed by atoms with Crippen molar-refractivity contribution >= 4 is 46.4 Å². The minimum atomic E-state index is -1.03. The topological polar surface area (TPSA) is 95.9 Å². The van der Waals surface area contributed by atoms with E-state index in [1.165, 1.54) is 0 Å². The minimum Gasteiger partial charge on any atom is -0.492 e. The molecule has 0 unspecified atom stereocenters. The molecule has 0 aliphatic rings. The van der Waals surface area contributed by atoms with Crippen LogP contribution in [0.3, 0.4) is 0 Å². The normalized spacial score (nSPS) is 11.6. The molecule has 0 aliphatic heterocycles. The number of aliphatic carboxylic acids is 1. The van der Waals surface area contributed by atoms with E-state index in [0.29, 0.717) is 29.1 Å². The van der Waals surface area contributed by atoms with Gasteiger partial charge in [0.05, 0.1) is 6.54 Å². The molecule has 2 N–H and O–H groups in total.